The molecule has 0 saturated carbocycles. The van der Waals surface area contributed by atoms with Gasteiger partial charge in [0.1, 0.15) is 23.6 Å². The lowest BCUT2D eigenvalue weighted by molar-refractivity contribution is -0.145. The number of phenols is 1. The average molecular weight is 563 g/mol. The van der Waals surface area contributed by atoms with Gasteiger partial charge < -0.3 is 19.3 Å². The second-order valence-electron chi connectivity index (χ2n) is 9.98. The van der Waals surface area contributed by atoms with E-state index in [9.17, 15) is 19.3 Å². The van der Waals surface area contributed by atoms with Gasteiger partial charge in [0.25, 0.3) is 0 Å². The van der Waals surface area contributed by atoms with E-state index < -0.39 is 31.5 Å². The molecule has 2 aromatic rings. The third-order valence-electron chi connectivity index (χ3n) is 6.26. The fourth-order valence-corrected chi connectivity index (χ4v) is 6.26. The van der Waals surface area contributed by atoms with Crippen LogP contribution in [0.3, 0.4) is 0 Å². The van der Waals surface area contributed by atoms with Gasteiger partial charge in [0, 0.05) is 0 Å². The van der Waals surface area contributed by atoms with Crippen LogP contribution in [0, 0.1) is 13.8 Å². The van der Waals surface area contributed by atoms with Crippen LogP contribution in [0.15, 0.2) is 30.3 Å². The molecule has 2 aromatic carbocycles. The van der Waals surface area contributed by atoms with Crippen molar-refractivity contribution in [3.63, 3.8) is 0 Å². The summed E-state index contributed by atoms with van der Waals surface area (Å²) in [7, 11) is -3.62. The largest absolute Gasteiger partial charge is 0.508 e. The van der Waals surface area contributed by atoms with Gasteiger partial charge in [-0.3, -0.25) is 14.2 Å². The summed E-state index contributed by atoms with van der Waals surface area (Å²) in [5.41, 5.74) is 5.14. The van der Waals surface area contributed by atoms with Crippen molar-refractivity contribution in [2.45, 2.75) is 79.8 Å². The van der Waals surface area contributed by atoms with Crippen LogP contribution in [-0.2, 0) is 30.0 Å². The van der Waals surface area contributed by atoms with Crippen LogP contribution in [0.4, 0.5) is 0 Å². The molecule has 0 bridgehead atoms. The van der Waals surface area contributed by atoms with Crippen molar-refractivity contribution in [1.29, 1.82) is 0 Å². The fourth-order valence-electron chi connectivity index (χ4n) is 4.24. The van der Waals surface area contributed by atoms with Gasteiger partial charge in [-0.25, -0.2) is 10.2 Å². The first-order valence-corrected chi connectivity index (χ1v) is 15.2. The van der Waals surface area contributed by atoms with Crippen LogP contribution in [0.2, 0.25) is 0 Å². The van der Waals surface area contributed by atoms with Crippen LogP contribution in [-0.4, -0.2) is 48.7 Å². The molecule has 0 aromatic heterocycles. The predicted molar refractivity (Wildman–Crippen MR) is 152 cm³/mol. The van der Waals surface area contributed by atoms with E-state index in [2.05, 4.69) is 10.2 Å². The Labute approximate surface area is 232 Å². The van der Waals surface area contributed by atoms with Crippen LogP contribution in [0.25, 0.3) is 0 Å². The molecule has 0 aliphatic heterocycles. The maximum absolute atomic E-state index is 13.8. The highest BCUT2D eigenvalue weighted by Gasteiger charge is 2.32. The number of hydrogen-bond acceptors (Lipinski definition) is 7. The standard InChI is InChI=1S/C29H43N2O7P/c1-9-36-28(33)21(7)30-39(35,31-22(8)29(34)37-10-2)17-38-24-13-19(5)26(20(6)14-24)16-23-11-12-27(32)25(15-23)18(3)4/h11-15,18,21-22,32H,9-10,16-17H2,1-8H3,(H2,30,31,35)/t21-,22+,39?. The summed E-state index contributed by atoms with van der Waals surface area (Å²) >= 11 is 0. The highest BCUT2D eigenvalue weighted by molar-refractivity contribution is 7.59. The first-order valence-electron chi connectivity index (χ1n) is 13.3. The maximum atomic E-state index is 13.8. The van der Waals surface area contributed by atoms with Crippen molar-refractivity contribution >= 4 is 19.4 Å². The highest BCUT2D eigenvalue weighted by Crippen LogP contribution is 2.39. The Morgan fingerprint density at radius 1 is 0.897 bits per heavy atom. The van der Waals surface area contributed by atoms with Crippen molar-refractivity contribution in [1.82, 2.24) is 10.2 Å². The molecular weight excluding hydrogens is 519 g/mol. The topological polar surface area (TPSA) is 123 Å². The van der Waals surface area contributed by atoms with Crippen molar-refractivity contribution in [3.05, 3.63) is 58.1 Å². The number of carbonyl (C=O) groups excluding carboxylic acids is 2. The molecule has 0 aliphatic carbocycles. The summed E-state index contributed by atoms with van der Waals surface area (Å²) in [4.78, 5) is 24.4. The van der Waals surface area contributed by atoms with Crippen molar-refractivity contribution in [2.24, 2.45) is 0 Å². The van der Waals surface area contributed by atoms with E-state index >= 15 is 0 Å². The quantitative estimate of drug-likeness (QED) is 0.207. The molecule has 2 rings (SSSR count). The predicted octanol–water partition coefficient (Wildman–Crippen LogP) is 5.34. The lowest BCUT2D eigenvalue weighted by atomic mass is 9.93. The van der Waals surface area contributed by atoms with E-state index in [0.717, 1.165) is 27.8 Å². The van der Waals surface area contributed by atoms with Crippen LogP contribution in [0.1, 0.15) is 75.3 Å². The number of benzene rings is 2. The Morgan fingerprint density at radius 3 is 1.87 bits per heavy atom. The minimum atomic E-state index is -3.62. The van der Waals surface area contributed by atoms with E-state index in [1.807, 2.05) is 52.0 Å². The van der Waals surface area contributed by atoms with E-state index in [4.69, 9.17) is 14.2 Å². The van der Waals surface area contributed by atoms with E-state index in [-0.39, 0.29) is 25.5 Å². The van der Waals surface area contributed by atoms with E-state index in [1.165, 1.54) is 0 Å². The molecular formula is C29H43N2O7P. The van der Waals surface area contributed by atoms with Crippen molar-refractivity contribution < 1.29 is 33.5 Å². The Hall–Kier alpha value is -2.87. The number of esters is 2. The van der Waals surface area contributed by atoms with Gasteiger partial charge in [-0.1, -0.05) is 26.0 Å². The molecule has 9 nitrogen and oxygen atoms in total. The van der Waals surface area contributed by atoms with Crippen LogP contribution in [0.5, 0.6) is 11.5 Å². The molecule has 0 saturated heterocycles. The lowest BCUT2D eigenvalue weighted by Gasteiger charge is -2.26. The SMILES string of the molecule is CCOC(=O)[C@H](C)NP(=O)(COc1cc(C)c(Cc2ccc(O)c(C(C)C)c2)c(C)c1)N[C@H](C)C(=O)OCC. The number of rotatable bonds is 14. The summed E-state index contributed by atoms with van der Waals surface area (Å²) < 4.78 is 29.8. The number of nitrogens with one attached hydrogen (secondary N) is 2. The van der Waals surface area contributed by atoms with Gasteiger partial charge in [0.15, 0.2) is 6.35 Å². The van der Waals surface area contributed by atoms with Crippen LogP contribution >= 0.6 is 7.44 Å². The fraction of sp³-hybridized carbons (Fsp3) is 0.517. The summed E-state index contributed by atoms with van der Waals surface area (Å²) in [6.07, 6.45) is 0.377. The van der Waals surface area contributed by atoms with E-state index in [0.29, 0.717) is 17.9 Å². The Morgan fingerprint density at radius 2 is 1.41 bits per heavy atom. The minimum Gasteiger partial charge on any atom is -0.508 e. The number of aromatic hydroxyl groups is 1. The monoisotopic (exact) mass is 562 g/mol. The van der Waals surface area contributed by atoms with Crippen LogP contribution < -0.4 is 14.9 Å². The second kappa shape index (κ2) is 14.5. The molecule has 0 heterocycles. The van der Waals surface area contributed by atoms with Gasteiger partial charge in [0.2, 0.25) is 7.44 Å². The van der Waals surface area contributed by atoms with Gasteiger partial charge >= 0.3 is 11.9 Å². The van der Waals surface area contributed by atoms with Gasteiger partial charge in [-0.15, -0.1) is 0 Å². The molecule has 0 amide bonds. The molecule has 0 aliphatic rings. The summed E-state index contributed by atoms with van der Waals surface area (Å²) in [5, 5.41) is 15.7. The van der Waals surface area contributed by atoms with Crippen molar-refractivity contribution in [3.8, 4) is 11.5 Å². The first-order chi connectivity index (χ1) is 18.3. The van der Waals surface area contributed by atoms with Gasteiger partial charge in [-0.05, 0) is 99.9 Å². The molecule has 3 atom stereocenters. The minimum absolute atomic E-state index is 0.187. The van der Waals surface area contributed by atoms with E-state index in [1.54, 1.807) is 33.8 Å². The van der Waals surface area contributed by atoms with Gasteiger partial charge in [-0.2, -0.15) is 0 Å². The number of phenolic OH excluding ortho intramolecular Hbond substituents is 1. The highest BCUT2D eigenvalue weighted by atomic mass is 31.2. The third-order valence-corrected chi connectivity index (χ3v) is 8.36. The molecule has 1 unspecified atom stereocenters. The van der Waals surface area contributed by atoms with Gasteiger partial charge in [0.05, 0.1) is 13.2 Å². The smallest absolute Gasteiger partial charge is 0.323 e. The Balaban J connectivity index is 2.25. The second-order valence-corrected chi connectivity index (χ2v) is 12.2. The zero-order chi connectivity index (χ0) is 29.3. The summed E-state index contributed by atoms with van der Waals surface area (Å²) in [6.45, 7) is 14.9. The first kappa shape index (κ1) is 32.3. The maximum Gasteiger partial charge on any atom is 0.323 e. The average Bonchev–Trinajstić information content (AvgIpc) is 2.86. The zero-order valence-electron chi connectivity index (χ0n) is 24.3. The molecule has 39 heavy (non-hydrogen) atoms. The number of aryl methyl sites for hydroxylation is 2. The Bertz CT molecular complexity index is 1150. The summed E-state index contributed by atoms with van der Waals surface area (Å²) in [6, 6.07) is 7.65. The normalized spacial score (nSPS) is 14.4. The number of hydrogen-bond donors (Lipinski definition) is 3. The molecule has 0 spiro atoms. The molecule has 0 radical (unpaired) electrons. The number of carbonyl (C=O) groups is 2. The zero-order valence-corrected chi connectivity index (χ0v) is 25.2. The number of ether oxygens (including phenoxy) is 3. The third kappa shape index (κ3) is 9.38. The molecule has 216 valence electrons. The lowest BCUT2D eigenvalue weighted by Crippen LogP contribution is -2.43. The van der Waals surface area contributed by atoms with Crippen molar-refractivity contribution in [2.75, 3.05) is 19.6 Å². The molecule has 0 fully saturated rings. The Kier molecular flexibility index (Phi) is 12.0. The summed E-state index contributed by atoms with van der Waals surface area (Å²) in [5.74, 6) is -0.104. The molecule has 3 N–H and O–H groups in total. The molecule has 10 heteroatoms.